The first kappa shape index (κ1) is 5.58. The highest BCUT2D eigenvalue weighted by Crippen LogP contribution is 2.00. The van der Waals surface area contributed by atoms with Crippen molar-refractivity contribution in [3.63, 3.8) is 0 Å². The summed E-state index contributed by atoms with van der Waals surface area (Å²) in [5.41, 5.74) is 0. The molecule has 0 spiro atoms. The molecular weight excluding hydrogens is 128 g/mol. The minimum atomic E-state index is 0.166. The van der Waals surface area contributed by atoms with Crippen LogP contribution in [0.25, 0.3) is 0 Å². The second-order valence-corrected chi connectivity index (χ2v) is 2.21. The number of nitrogens with zero attached hydrogens (tertiary/aromatic N) is 3. The lowest BCUT2D eigenvalue weighted by Gasteiger charge is -2.19. The van der Waals surface area contributed by atoms with Crippen LogP contribution in [0.15, 0.2) is 15.0 Å². The number of amidine groups is 1. The van der Waals surface area contributed by atoms with E-state index in [2.05, 4.69) is 20.3 Å². The van der Waals surface area contributed by atoms with E-state index in [1.165, 1.54) is 0 Å². The Bertz CT molecular complexity index is 216. The summed E-state index contributed by atoms with van der Waals surface area (Å²) in [5.74, 6) is 0.956. The quantitative estimate of drug-likeness (QED) is 0.478. The highest BCUT2D eigenvalue weighted by molar-refractivity contribution is 5.99. The van der Waals surface area contributed by atoms with E-state index in [9.17, 15) is 0 Å². The molecule has 52 valence electrons. The fourth-order valence-electron chi connectivity index (χ4n) is 1.03. The van der Waals surface area contributed by atoms with Crippen LogP contribution >= 0.6 is 0 Å². The molecule has 4 heteroatoms. The van der Waals surface area contributed by atoms with Gasteiger partial charge in [-0.05, 0) is 0 Å². The van der Waals surface area contributed by atoms with Gasteiger partial charge in [0.2, 0.25) is 0 Å². The van der Waals surface area contributed by atoms with Crippen LogP contribution in [0.2, 0.25) is 0 Å². The maximum atomic E-state index is 4.22. The Labute approximate surface area is 58.8 Å². The monoisotopic (exact) mass is 136 g/mol. The maximum Gasteiger partial charge on any atom is 0.129 e. The van der Waals surface area contributed by atoms with E-state index in [0.29, 0.717) is 6.54 Å². The van der Waals surface area contributed by atoms with Crippen LogP contribution in [0, 0.1) is 0 Å². The fourth-order valence-corrected chi connectivity index (χ4v) is 1.03. The molecule has 1 N–H and O–H groups in total. The third kappa shape index (κ3) is 0.814. The number of nitrogens with one attached hydrogen (secondary N) is 1. The lowest BCUT2D eigenvalue weighted by Crippen LogP contribution is -2.40. The van der Waals surface area contributed by atoms with Gasteiger partial charge in [0.25, 0.3) is 0 Å². The van der Waals surface area contributed by atoms with Gasteiger partial charge in [0.05, 0.1) is 19.4 Å². The van der Waals surface area contributed by atoms with Crippen molar-refractivity contribution in [1.29, 1.82) is 0 Å². The molecular formula is C6H8N4. The Hall–Kier alpha value is -1.19. The second-order valence-electron chi connectivity index (χ2n) is 2.21. The van der Waals surface area contributed by atoms with E-state index >= 15 is 0 Å². The largest absolute Gasteiger partial charge is 0.333 e. The summed E-state index contributed by atoms with van der Waals surface area (Å²) in [7, 11) is 0. The van der Waals surface area contributed by atoms with Gasteiger partial charge in [0, 0.05) is 6.21 Å². The van der Waals surface area contributed by atoms with Gasteiger partial charge in [-0.2, -0.15) is 0 Å². The van der Waals surface area contributed by atoms with Crippen LogP contribution in [0.4, 0.5) is 0 Å². The highest BCUT2D eigenvalue weighted by Gasteiger charge is 2.17. The summed E-state index contributed by atoms with van der Waals surface area (Å²) in [5, 5.41) is 2.97. The molecule has 10 heavy (non-hydrogen) atoms. The third-order valence-electron chi connectivity index (χ3n) is 1.53. The average molecular weight is 136 g/mol. The van der Waals surface area contributed by atoms with Gasteiger partial charge in [-0.1, -0.05) is 0 Å². The number of hydrogen-bond donors (Lipinski definition) is 1. The van der Waals surface area contributed by atoms with Crippen molar-refractivity contribution >= 4 is 18.4 Å². The lowest BCUT2D eigenvalue weighted by molar-refractivity contribution is 0.810. The van der Waals surface area contributed by atoms with Crippen molar-refractivity contribution in [2.24, 2.45) is 15.0 Å². The molecule has 0 bridgehead atoms. The topological polar surface area (TPSA) is 49.1 Å². The molecule has 2 heterocycles. The number of aliphatic imine (C=N–C) groups is 3. The number of rotatable bonds is 0. The first-order chi connectivity index (χ1) is 4.97. The molecule has 4 nitrogen and oxygen atoms in total. The molecule has 0 saturated heterocycles. The minimum Gasteiger partial charge on any atom is -0.333 e. The Morgan fingerprint density at radius 3 is 3.50 bits per heavy atom. The van der Waals surface area contributed by atoms with E-state index in [4.69, 9.17) is 0 Å². The molecule has 0 fully saturated rings. The Morgan fingerprint density at radius 1 is 1.60 bits per heavy atom. The Balaban J connectivity index is 2.23. The molecule has 2 aliphatic heterocycles. The zero-order valence-corrected chi connectivity index (χ0v) is 5.49. The molecule has 2 rings (SSSR count). The van der Waals surface area contributed by atoms with Gasteiger partial charge < -0.3 is 5.32 Å². The van der Waals surface area contributed by atoms with Crippen molar-refractivity contribution in [1.82, 2.24) is 5.32 Å². The number of hydrogen-bond acceptors (Lipinski definition) is 4. The van der Waals surface area contributed by atoms with Crippen molar-refractivity contribution in [2.75, 3.05) is 13.1 Å². The number of fused-ring (bicyclic) bond motifs is 1. The van der Waals surface area contributed by atoms with Gasteiger partial charge in [0.15, 0.2) is 0 Å². The highest BCUT2D eigenvalue weighted by atomic mass is 15.1. The maximum absolute atomic E-state index is 4.22. The molecule has 0 aromatic rings. The van der Waals surface area contributed by atoms with Crippen LogP contribution in [0.3, 0.4) is 0 Å². The van der Waals surface area contributed by atoms with E-state index in [1.807, 2.05) is 6.21 Å². The summed E-state index contributed by atoms with van der Waals surface area (Å²) in [4.78, 5) is 12.5. The lowest BCUT2D eigenvalue weighted by atomic mass is 10.2. The van der Waals surface area contributed by atoms with Crippen LogP contribution in [-0.2, 0) is 0 Å². The standard InChI is InChI=1S/C6H8N4/c1-2-9-6-5(8-1)3-7-4-10-6/h1,4-5H,2-3H2,(H,7,9,10)/t5-/m0/s1. The Kier molecular flexibility index (Phi) is 1.23. The van der Waals surface area contributed by atoms with Gasteiger partial charge in [0.1, 0.15) is 11.9 Å². The fraction of sp³-hybridized carbons (Fsp3) is 0.500. The van der Waals surface area contributed by atoms with Crippen molar-refractivity contribution < 1.29 is 0 Å². The summed E-state index contributed by atoms with van der Waals surface area (Å²) >= 11 is 0. The van der Waals surface area contributed by atoms with Gasteiger partial charge in [-0.25, -0.2) is 0 Å². The minimum absolute atomic E-state index is 0.166. The van der Waals surface area contributed by atoms with Crippen molar-refractivity contribution in [3.8, 4) is 0 Å². The molecule has 0 aliphatic carbocycles. The molecule has 0 saturated carbocycles. The van der Waals surface area contributed by atoms with Crippen LogP contribution in [-0.4, -0.2) is 37.5 Å². The zero-order valence-electron chi connectivity index (χ0n) is 5.49. The molecule has 0 unspecified atom stereocenters. The first-order valence-electron chi connectivity index (χ1n) is 3.27. The summed E-state index contributed by atoms with van der Waals surface area (Å²) in [6, 6.07) is 0.166. The van der Waals surface area contributed by atoms with Crippen molar-refractivity contribution in [2.45, 2.75) is 6.04 Å². The molecule has 0 aromatic carbocycles. The van der Waals surface area contributed by atoms with Crippen LogP contribution in [0.1, 0.15) is 0 Å². The van der Waals surface area contributed by atoms with Crippen molar-refractivity contribution in [3.05, 3.63) is 0 Å². The van der Waals surface area contributed by atoms with E-state index < -0.39 is 0 Å². The summed E-state index contributed by atoms with van der Waals surface area (Å²) in [6.45, 7) is 1.44. The first-order valence-corrected chi connectivity index (χ1v) is 3.27. The smallest absolute Gasteiger partial charge is 0.129 e. The predicted molar refractivity (Wildman–Crippen MR) is 41.1 cm³/mol. The molecule has 1 atom stereocenters. The predicted octanol–water partition coefficient (Wildman–Crippen LogP) is -0.531. The average Bonchev–Trinajstić information content (AvgIpc) is 2.05. The SMILES string of the molecule is C1=NC[C@@H]2N=CCN=C2N1. The molecule has 0 aromatic heterocycles. The summed E-state index contributed by atoms with van der Waals surface area (Å²) < 4.78 is 0. The van der Waals surface area contributed by atoms with E-state index in [1.54, 1.807) is 6.34 Å². The van der Waals surface area contributed by atoms with E-state index in [-0.39, 0.29) is 6.04 Å². The summed E-state index contributed by atoms with van der Waals surface area (Å²) in [6.07, 6.45) is 3.51. The van der Waals surface area contributed by atoms with Crippen LogP contribution < -0.4 is 5.32 Å². The molecule has 0 radical (unpaired) electrons. The zero-order chi connectivity index (χ0) is 6.81. The molecule has 2 aliphatic rings. The van der Waals surface area contributed by atoms with Gasteiger partial charge >= 0.3 is 0 Å². The van der Waals surface area contributed by atoms with Gasteiger partial charge in [-0.3, -0.25) is 15.0 Å². The van der Waals surface area contributed by atoms with Crippen LogP contribution in [0.5, 0.6) is 0 Å². The normalized spacial score (nSPS) is 28.8. The second kappa shape index (κ2) is 2.21. The third-order valence-corrected chi connectivity index (χ3v) is 1.53. The van der Waals surface area contributed by atoms with Gasteiger partial charge in [-0.15, -0.1) is 0 Å². The van der Waals surface area contributed by atoms with E-state index in [0.717, 1.165) is 12.4 Å². The molecule has 0 amide bonds. The Morgan fingerprint density at radius 2 is 2.60 bits per heavy atom.